The van der Waals surface area contributed by atoms with E-state index in [1.54, 1.807) is 12.1 Å². The number of hydrogen-bond donors (Lipinski definition) is 2. The molecule has 5 nitrogen and oxygen atoms in total. The van der Waals surface area contributed by atoms with E-state index in [0.29, 0.717) is 6.54 Å². The number of hydrazine groups is 1. The Morgan fingerprint density at radius 3 is 2.26 bits per heavy atom. The van der Waals surface area contributed by atoms with Gasteiger partial charge in [-0.25, -0.2) is 15.2 Å². The number of nitrogens with zero attached hydrogens (tertiary/aromatic N) is 1. The van der Waals surface area contributed by atoms with Crippen LogP contribution in [0.3, 0.4) is 0 Å². The Labute approximate surface area is 112 Å². The Morgan fingerprint density at radius 1 is 1.26 bits per heavy atom. The minimum atomic E-state index is -0.859. The van der Waals surface area contributed by atoms with Crippen molar-refractivity contribution in [3.8, 4) is 0 Å². The van der Waals surface area contributed by atoms with E-state index in [1.165, 1.54) is 17.9 Å². The number of rotatable bonds is 1. The molecule has 2 fully saturated rings. The van der Waals surface area contributed by atoms with E-state index in [2.05, 4.69) is 5.43 Å². The molecule has 5 heteroatoms. The van der Waals surface area contributed by atoms with E-state index in [4.69, 9.17) is 5.11 Å². The number of carboxylic acid groups (broad SMARTS) is 1. The van der Waals surface area contributed by atoms with Crippen LogP contribution in [-0.4, -0.2) is 34.6 Å². The first-order chi connectivity index (χ1) is 9.15. The lowest BCUT2D eigenvalue weighted by Crippen LogP contribution is -2.71. The maximum Gasteiger partial charge on any atom is 0.421 e. The second-order valence-corrected chi connectivity index (χ2v) is 5.00. The van der Waals surface area contributed by atoms with Crippen molar-refractivity contribution in [3.63, 3.8) is 0 Å². The number of aldehydes is 1. The van der Waals surface area contributed by atoms with Crippen molar-refractivity contribution in [2.24, 2.45) is 0 Å². The molecule has 0 radical (unpaired) electrons. The van der Waals surface area contributed by atoms with E-state index >= 15 is 0 Å². The molecule has 3 rings (SSSR count). The highest BCUT2D eigenvalue weighted by molar-refractivity contribution is 5.74. The molecule has 0 aromatic heterocycles. The van der Waals surface area contributed by atoms with Crippen LogP contribution >= 0.6 is 0 Å². The first-order valence-corrected chi connectivity index (χ1v) is 6.44. The number of nitrogens with one attached hydrogen (secondary N) is 1. The van der Waals surface area contributed by atoms with Gasteiger partial charge in [-0.3, -0.25) is 4.79 Å². The molecule has 0 atom stereocenters. The largest absolute Gasteiger partial charge is 0.464 e. The molecule has 1 aromatic carbocycles. The van der Waals surface area contributed by atoms with Crippen molar-refractivity contribution in [1.82, 2.24) is 10.4 Å². The van der Waals surface area contributed by atoms with Crippen LogP contribution in [0.5, 0.6) is 0 Å². The minimum absolute atomic E-state index is 0.165. The summed E-state index contributed by atoms with van der Waals surface area (Å²) < 4.78 is 0. The van der Waals surface area contributed by atoms with Crippen LogP contribution in [0.4, 0.5) is 4.79 Å². The van der Waals surface area contributed by atoms with Gasteiger partial charge >= 0.3 is 6.09 Å². The zero-order chi connectivity index (χ0) is 13.7. The van der Waals surface area contributed by atoms with Gasteiger partial charge in [0.2, 0.25) is 0 Å². The van der Waals surface area contributed by atoms with Crippen molar-refractivity contribution >= 4 is 12.4 Å². The van der Waals surface area contributed by atoms with Gasteiger partial charge in [-0.1, -0.05) is 43.2 Å². The van der Waals surface area contributed by atoms with Crippen molar-refractivity contribution < 1.29 is 14.7 Å². The van der Waals surface area contributed by atoms with Gasteiger partial charge in [0, 0.05) is 5.56 Å². The lowest BCUT2D eigenvalue weighted by Gasteiger charge is -2.47. The topological polar surface area (TPSA) is 69.6 Å². The summed E-state index contributed by atoms with van der Waals surface area (Å²) in [7, 11) is 0. The summed E-state index contributed by atoms with van der Waals surface area (Å²) in [6.45, 7) is 0.683. The molecule has 0 bridgehead atoms. The summed E-state index contributed by atoms with van der Waals surface area (Å²) in [6, 6.07) is 9.10. The fraction of sp³-hybridized carbons (Fsp3) is 0.429. The molecule has 102 valence electrons. The van der Waals surface area contributed by atoms with Gasteiger partial charge in [-0.05, 0) is 12.8 Å². The molecule has 1 aromatic rings. The molecular formula is C14H18N2O3. The van der Waals surface area contributed by atoms with Crippen LogP contribution in [0.25, 0.3) is 0 Å². The summed E-state index contributed by atoms with van der Waals surface area (Å²) in [5, 5.41) is 9.81. The zero-order valence-electron chi connectivity index (χ0n) is 10.7. The smallest absolute Gasteiger partial charge is 0.421 e. The van der Waals surface area contributed by atoms with Crippen LogP contribution in [0, 0.1) is 0 Å². The molecule has 1 aliphatic heterocycles. The fourth-order valence-electron chi connectivity index (χ4n) is 2.54. The molecule has 1 amide bonds. The third-order valence-corrected chi connectivity index (χ3v) is 3.56. The predicted octanol–water partition coefficient (Wildman–Crippen LogP) is 2.30. The summed E-state index contributed by atoms with van der Waals surface area (Å²) >= 11 is 0. The lowest BCUT2D eigenvalue weighted by molar-refractivity contribution is -0.0134. The highest BCUT2D eigenvalue weighted by Crippen LogP contribution is 2.35. The Bertz CT molecular complexity index is 433. The van der Waals surface area contributed by atoms with Gasteiger partial charge in [0.1, 0.15) is 6.29 Å². The third kappa shape index (κ3) is 3.32. The van der Waals surface area contributed by atoms with E-state index in [9.17, 15) is 9.59 Å². The second-order valence-electron chi connectivity index (χ2n) is 5.00. The van der Waals surface area contributed by atoms with E-state index in [-0.39, 0.29) is 5.54 Å². The second kappa shape index (κ2) is 5.84. The lowest BCUT2D eigenvalue weighted by atomic mass is 9.94. The molecule has 1 saturated heterocycles. The van der Waals surface area contributed by atoms with Gasteiger partial charge < -0.3 is 5.11 Å². The van der Waals surface area contributed by atoms with Crippen LogP contribution in [0.1, 0.15) is 36.0 Å². The molecule has 1 saturated carbocycles. The number of amides is 1. The normalized spacial score (nSPS) is 19.3. The van der Waals surface area contributed by atoms with Crippen molar-refractivity contribution in [2.45, 2.75) is 31.2 Å². The Balaban J connectivity index is 0.000000148. The SMILES string of the molecule is O=C(O)N1CC2(CCCC2)N1.O=Cc1ccccc1. The third-order valence-electron chi connectivity index (χ3n) is 3.56. The molecule has 2 N–H and O–H groups in total. The number of hydrogen-bond acceptors (Lipinski definition) is 3. The Kier molecular flexibility index (Phi) is 4.16. The molecule has 1 aliphatic carbocycles. The standard InChI is InChI=1S/C7H12N2O2.C7H6O/c10-6(11)9-5-7(8-9)3-1-2-4-7;8-6-7-4-2-1-3-5-7/h8H,1-5H2,(H,10,11);1-6H. The van der Waals surface area contributed by atoms with Crippen molar-refractivity contribution in [1.29, 1.82) is 0 Å². The minimum Gasteiger partial charge on any atom is -0.464 e. The Morgan fingerprint density at radius 2 is 1.84 bits per heavy atom. The highest BCUT2D eigenvalue weighted by atomic mass is 16.4. The molecular weight excluding hydrogens is 244 g/mol. The summed E-state index contributed by atoms with van der Waals surface area (Å²) in [5.74, 6) is 0. The molecule has 1 spiro atoms. The van der Waals surface area contributed by atoms with Gasteiger partial charge in [0.05, 0.1) is 12.1 Å². The van der Waals surface area contributed by atoms with Crippen LogP contribution in [0.2, 0.25) is 0 Å². The van der Waals surface area contributed by atoms with Gasteiger partial charge in [0.25, 0.3) is 0 Å². The number of carbonyl (C=O) groups excluding carboxylic acids is 1. The van der Waals surface area contributed by atoms with Gasteiger partial charge in [-0.2, -0.15) is 0 Å². The summed E-state index contributed by atoms with van der Waals surface area (Å²) in [4.78, 5) is 20.4. The number of benzene rings is 1. The van der Waals surface area contributed by atoms with Gasteiger partial charge in [0.15, 0.2) is 0 Å². The zero-order valence-corrected chi connectivity index (χ0v) is 10.7. The van der Waals surface area contributed by atoms with Gasteiger partial charge in [-0.15, -0.1) is 0 Å². The maximum atomic E-state index is 10.4. The summed E-state index contributed by atoms with van der Waals surface area (Å²) in [5.41, 5.74) is 3.88. The quantitative estimate of drug-likeness (QED) is 0.762. The molecule has 1 heterocycles. The fourth-order valence-corrected chi connectivity index (χ4v) is 2.54. The highest BCUT2D eigenvalue weighted by Gasteiger charge is 2.46. The molecule has 19 heavy (non-hydrogen) atoms. The molecule has 2 aliphatic rings. The van der Waals surface area contributed by atoms with Crippen LogP contribution in [0.15, 0.2) is 30.3 Å². The Hall–Kier alpha value is -1.88. The van der Waals surface area contributed by atoms with E-state index in [1.807, 2.05) is 18.2 Å². The average Bonchev–Trinajstić information content (AvgIpc) is 2.88. The van der Waals surface area contributed by atoms with Crippen molar-refractivity contribution in [3.05, 3.63) is 35.9 Å². The first kappa shape index (κ1) is 13.5. The van der Waals surface area contributed by atoms with Crippen molar-refractivity contribution in [2.75, 3.05) is 6.54 Å². The maximum absolute atomic E-state index is 10.4. The average molecular weight is 262 g/mol. The monoisotopic (exact) mass is 262 g/mol. The van der Waals surface area contributed by atoms with E-state index < -0.39 is 6.09 Å². The number of carbonyl (C=O) groups is 2. The summed E-state index contributed by atoms with van der Waals surface area (Å²) in [6.07, 6.45) is 4.72. The first-order valence-electron chi connectivity index (χ1n) is 6.44. The van der Waals surface area contributed by atoms with Crippen LogP contribution in [-0.2, 0) is 0 Å². The van der Waals surface area contributed by atoms with E-state index in [0.717, 1.165) is 24.7 Å². The molecule has 0 unspecified atom stereocenters. The predicted molar refractivity (Wildman–Crippen MR) is 70.9 cm³/mol. The van der Waals surface area contributed by atoms with Crippen LogP contribution < -0.4 is 5.43 Å².